The fraction of sp³-hybridized carbons (Fsp3) is 0.786. The van der Waals surface area contributed by atoms with Crippen LogP contribution in [0.3, 0.4) is 0 Å². The highest BCUT2D eigenvalue weighted by atomic mass is 16.4. The molecule has 0 saturated heterocycles. The maximum atomic E-state index is 11.0. The van der Waals surface area contributed by atoms with Gasteiger partial charge in [-0.2, -0.15) is 0 Å². The highest BCUT2D eigenvalue weighted by Crippen LogP contribution is 2.43. The minimum atomic E-state index is -0.733. The van der Waals surface area contributed by atoms with Gasteiger partial charge in [0.1, 0.15) is 0 Å². The summed E-state index contributed by atoms with van der Waals surface area (Å²) >= 11 is 0. The second-order valence-corrected chi connectivity index (χ2v) is 6.14. The fourth-order valence-electron chi connectivity index (χ4n) is 2.97. The van der Waals surface area contributed by atoms with Crippen LogP contribution in [0.25, 0.3) is 0 Å². The van der Waals surface area contributed by atoms with Crippen molar-refractivity contribution in [2.45, 2.75) is 58.8 Å². The predicted octanol–water partition coefficient (Wildman–Crippen LogP) is 2.85. The SMILES string of the molecule is CC(C)Cc1nnc(CC2(CC(=O)O)CCCC2)o1. The van der Waals surface area contributed by atoms with E-state index in [9.17, 15) is 4.79 Å². The van der Waals surface area contributed by atoms with Crippen LogP contribution in [-0.2, 0) is 17.6 Å². The van der Waals surface area contributed by atoms with Gasteiger partial charge in [0.25, 0.3) is 0 Å². The molecule has 1 N–H and O–H groups in total. The lowest BCUT2D eigenvalue weighted by molar-refractivity contribution is -0.139. The smallest absolute Gasteiger partial charge is 0.303 e. The van der Waals surface area contributed by atoms with Gasteiger partial charge in [0.05, 0.1) is 6.42 Å². The van der Waals surface area contributed by atoms with Crippen LogP contribution in [0.5, 0.6) is 0 Å². The molecule has 0 bridgehead atoms. The summed E-state index contributed by atoms with van der Waals surface area (Å²) in [5.41, 5.74) is -0.173. The van der Waals surface area contributed by atoms with Crippen molar-refractivity contribution in [1.82, 2.24) is 10.2 Å². The van der Waals surface area contributed by atoms with E-state index in [2.05, 4.69) is 24.0 Å². The Labute approximate surface area is 113 Å². The maximum absolute atomic E-state index is 11.0. The first kappa shape index (κ1) is 14.0. The van der Waals surface area contributed by atoms with Crippen molar-refractivity contribution < 1.29 is 14.3 Å². The summed E-state index contributed by atoms with van der Waals surface area (Å²) in [5.74, 6) is 1.00. The van der Waals surface area contributed by atoms with E-state index in [0.717, 1.165) is 32.1 Å². The number of hydrogen-bond acceptors (Lipinski definition) is 4. The number of carboxylic acids is 1. The van der Waals surface area contributed by atoms with Gasteiger partial charge in [-0.15, -0.1) is 10.2 Å². The average molecular weight is 266 g/mol. The molecule has 106 valence electrons. The molecule has 0 radical (unpaired) electrons. The third-order valence-electron chi connectivity index (χ3n) is 3.81. The monoisotopic (exact) mass is 266 g/mol. The molecule has 5 nitrogen and oxygen atoms in total. The van der Waals surface area contributed by atoms with E-state index in [1.165, 1.54) is 0 Å². The number of nitrogens with zero attached hydrogens (tertiary/aromatic N) is 2. The van der Waals surface area contributed by atoms with Crippen LogP contribution in [0, 0.1) is 11.3 Å². The molecule has 1 fully saturated rings. The minimum Gasteiger partial charge on any atom is -0.481 e. The zero-order chi connectivity index (χ0) is 13.9. The molecule has 5 heteroatoms. The maximum Gasteiger partial charge on any atom is 0.303 e. The van der Waals surface area contributed by atoms with Gasteiger partial charge < -0.3 is 9.52 Å². The first-order chi connectivity index (χ1) is 8.99. The third-order valence-corrected chi connectivity index (χ3v) is 3.81. The Morgan fingerprint density at radius 3 is 2.53 bits per heavy atom. The molecule has 1 saturated carbocycles. The zero-order valence-electron chi connectivity index (χ0n) is 11.7. The zero-order valence-corrected chi connectivity index (χ0v) is 11.7. The van der Waals surface area contributed by atoms with E-state index >= 15 is 0 Å². The number of carboxylic acid groups (broad SMARTS) is 1. The average Bonchev–Trinajstić information content (AvgIpc) is 2.87. The lowest BCUT2D eigenvalue weighted by atomic mass is 9.79. The molecule has 1 aliphatic carbocycles. The fourth-order valence-corrected chi connectivity index (χ4v) is 2.97. The van der Waals surface area contributed by atoms with E-state index in [1.54, 1.807) is 0 Å². The van der Waals surface area contributed by atoms with E-state index < -0.39 is 5.97 Å². The standard InChI is InChI=1S/C14H22N2O3/c1-10(2)7-11-15-16-12(19-11)8-14(9-13(17)18)5-3-4-6-14/h10H,3-9H2,1-2H3,(H,17,18). The molecule has 19 heavy (non-hydrogen) atoms. The lowest BCUT2D eigenvalue weighted by Crippen LogP contribution is -2.24. The van der Waals surface area contributed by atoms with Crippen molar-refractivity contribution in [2.75, 3.05) is 0 Å². The second-order valence-electron chi connectivity index (χ2n) is 6.14. The van der Waals surface area contributed by atoms with Crippen molar-refractivity contribution in [3.63, 3.8) is 0 Å². The molecular weight excluding hydrogens is 244 g/mol. The molecule has 0 spiro atoms. The predicted molar refractivity (Wildman–Crippen MR) is 69.7 cm³/mol. The van der Waals surface area contributed by atoms with Gasteiger partial charge in [0.2, 0.25) is 11.8 Å². The van der Waals surface area contributed by atoms with Crippen LogP contribution in [0.4, 0.5) is 0 Å². The van der Waals surface area contributed by atoms with Gasteiger partial charge in [0, 0.05) is 12.8 Å². The number of aromatic nitrogens is 2. The molecule has 1 aliphatic rings. The Bertz CT molecular complexity index is 434. The molecule has 0 unspecified atom stereocenters. The number of hydrogen-bond donors (Lipinski definition) is 1. The van der Waals surface area contributed by atoms with E-state index in [0.29, 0.717) is 24.1 Å². The highest BCUT2D eigenvalue weighted by molar-refractivity contribution is 5.67. The molecule has 1 aromatic heterocycles. The van der Waals surface area contributed by atoms with Crippen LogP contribution in [0.15, 0.2) is 4.42 Å². The lowest BCUT2D eigenvalue weighted by Gasteiger charge is -2.24. The largest absolute Gasteiger partial charge is 0.481 e. The van der Waals surface area contributed by atoms with Gasteiger partial charge in [-0.25, -0.2) is 0 Å². The van der Waals surface area contributed by atoms with Gasteiger partial charge in [-0.3, -0.25) is 4.79 Å². The molecule has 0 aliphatic heterocycles. The quantitative estimate of drug-likeness (QED) is 0.856. The Balaban J connectivity index is 2.05. The Hall–Kier alpha value is -1.39. The van der Waals surface area contributed by atoms with Gasteiger partial charge in [0.15, 0.2) is 0 Å². The van der Waals surface area contributed by atoms with Crippen LogP contribution in [0.2, 0.25) is 0 Å². The molecule has 0 amide bonds. The van der Waals surface area contributed by atoms with Gasteiger partial charge in [-0.1, -0.05) is 26.7 Å². The van der Waals surface area contributed by atoms with Crippen molar-refractivity contribution >= 4 is 5.97 Å². The number of carbonyl (C=O) groups is 1. The van der Waals surface area contributed by atoms with Crippen LogP contribution in [0.1, 0.15) is 57.7 Å². The van der Waals surface area contributed by atoms with Crippen LogP contribution >= 0.6 is 0 Å². The summed E-state index contributed by atoms with van der Waals surface area (Å²) in [5, 5.41) is 17.2. The molecule has 1 aromatic rings. The molecule has 0 atom stereocenters. The van der Waals surface area contributed by atoms with E-state index in [4.69, 9.17) is 9.52 Å². The van der Waals surface area contributed by atoms with Gasteiger partial charge in [-0.05, 0) is 24.2 Å². The molecule has 2 rings (SSSR count). The number of rotatable bonds is 6. The van der Waals surface area contributed by atoms with Crippen molar-refractivity contribution in [3.05, 3.63) is 11.8 Å². The Morgan fingerprint density at radius 2 is 1.95 bits per heavy atom. The Morgan fingerprint density at radius 1 is 1.32 bits per heavy atom. The van der Waals surface area contributed by atoms with Crippen LogP contribution in [-0.4, -0.2) is 21.3 Å². The van der Waals surface area contributed by atoms with E-state index in [-0.39, 0.29) is 11.8 Å². The minimum absolute atomic E-state index is 0.173. The summed E-state index contributed by atoms with van der Waals surface area (Å²) in [6.45, 7) is 4.21. The molecule has 0 aromatic carbocycles. The van der Waals surface area contributed by atoms with Gasteiger partial charge >= 0.3 is 5.97 Å². The third kappa shape index (κ3) is 3.78. The summed E-state index contributed by atoms with van der Waals surface area (Å²) in [4.78, 5) is 11.0. The first-order valence-corrected chi connectivity index (χ1v) is 7.02. The normalized spacial score (nSPS) is 18.1. The Kier molecular flexibility index (Phi) is 4.22. The number of aliphatic carboxylic acids is 1. The topological polar surface area (TPSA) is 76.2 Å². The molecular formula is C14H22N2O3. The van der Waals surface area contributed by atoms with Crippen molar-refractivity contribution in [2.24, 2.45) is 11.3 Å². The summed E-state index contributed by atoms with van der Waals surface area (Å²) in [6.07, 6.45) is 5.67. The first-order valence-electron chi connectivity index (χ1n) is 7.02. The van der Waals surface area contributed by atoms with Crippen molar-refractivity contribution in [1.29, 1.82) is 0 Å². The summed E-state index contributed by atoms with van der Waals surface area (Å²) in [6, 6.07) is 0. The summed E-state index contributed by atoms with van der Waals surface area (Å²) in [7, 11) is 0. The molecule has 1 heterocycles. The summed E-state index contributed by atoms with van der Waals surface area (Å²) < 4.78 is 5.65. The highest BCUT2D eigenvalue weighted by Gasteiger charge is 2.37. The van der Waals surface area contributed by atoms with Crippen molar-refractivity contribution in [3.8, 4) is 0 Å². The van der Waals surface area contributed by atoms with Crippen LogP contribution < -0.4 is 0 Å². The second kappa shape index (κ2) is 5.72. The van der Waals surface area contributed by atoms with E-state index in [1.807, 2.05) is 0 Å².